The molecule has 0 unspecified atom stereocenters. The number of aryl methyl sites for hydroxylation is 2. The largest absolute Gasteiger partial charge is 0.317 e. The van der Waals surface area contributed by atoms with Crippen LogP contribution in [0.4, 0.5) is 10.2 Å². The molecule has 1 aromatic carbocycles. The Bertz CT molecular complexity index is 1940. The highest BCUT2D eigenvalue weighted by atomic mass is 32.1. The molecule has 2 N–H and O–H groups in total. The Kier molecular flexibility index (Phi) is 6.99. The maximum Gasteiger partial charge on any atom is 0.268 e. The third kappa shape index (κ3) is 5.19. The molecule has 10 nitrogen and oxygen atoms in total. The summed E-state index contributed by atoms with van der Waals surface area (Å²) < 4.78 is 17.4. The number of fused-ring (bicyclic) bond motifs is 1. The molecule has 1 aliphatic heterocycles. The second kappa shape index (κ2) is 11.1. The first-order chi connectivity index (χ1) is 20.9. The maximum atomic E-state index is 13.8. The quantitative estimate of drug-likeness (QED) is 0.263. The lowest BCUT2D eigenvalue weighted by atomic mass is 9.89. The van der Waals surface area contributed by atoms with Crippen molar-refractivity contribution in [2.75, 3.05) is 18.4 Å². The van der Waals surface area contributed by atoms with Crippen molar-refractivity contribution < 1.29 is 9.18 Å². The predicted molar refractivity (Wildman–Crippen MR) is 163 cm³/mol. The molecule has 0 radical (unpaired) electrons. The summed E-state index contributed by atoms with van der Waals surface area (Å²) in [7, 11) is 1.96. The van der Waals surface area contributed by atoms with Crippen LogP contribution in [0.3, 0.4) is 0 Å². The van der Waals surface area contributed by atoms with Crippen LogP contribution in [-0.4, -0.2) is 53.3 Å². The molecular formula is C31H28FN9OS. The van der Waals surface area contributed by atoms with Gasteiger partial charge < -0.3 is 10.6 Å². The van der Waals surface area contributed by atoms with E-state index in [0.29, 0.717) is 28.0 Å². The van der Waals surface area contributed by atoms with Crippen molar-refractivity contribution in [3.8, 4) is 33.1 Å². The first kappa shape index (κ1) is 27.0. The number of carbonyl (C=O) groups is 1. The van der Waals surface area contributed by atoms with Gasteiger partial charge in [-0.1, -0.05) is 0 Å². The Morgan fingerprint density at radius 2 is 1.86 bits per heavy atom. The summed E-state index contributed by atoms with van der Waals surface area (Å²) >= 11 is 1.31. The highest BCUT2D eigenvalue weighted by Gasteiger charge is 2.28. The zero-order valence-electron chi connectivity index (χ0n) is 23.6. The summed E-state index contributed by atoms with van der Waals surface area (Å²) in [5.41, 5.74) is 6.41. The van der Waals surface area contributed by atoms with Crippen LogP contribution in [0.25, 0.3) is 38.7 Å². The molecule has 1 saturated heterocycles. The van der Waals surface area contributed by atoms with Crippen molar-refractivity contribution in [3.05, 3.63) is 89.2 Å². The third-order valence-corrected chi connectivity index (χ3v) is 8.87. The zero-order valence-corrected chi connectivity index (χ0v) is 24.4. The minimum absolute atomic E-state index is 0.284. The lowest BCUT2D eigenvalue weighted by Gasteiger charge is -2.24. The van der Waals surface area contributed by atoms with E-state index >= 15 is 0 Å². The molecule has 1 amide bonds. The topological polar surface area (TPSA) is 115 Å². The number of nitrogens with zero attached hydrogens (tertiary/aromatic N) is 7. The molecule has 5 aromatic heterocycles. The lowest BCUT2D eigenvalue weighted by Crippen LogP contribution is -2.27. The van der Waals surface area contributed by atoms with E-state index in [9.17, 15) is 9.18 Å². The molecule has 6 aromatic rings. The van der Waals surface area contributed by atoms with Crippen molar-refractivity contribution in [1.82, 2.24) is 39.7 Å². The van der Waals surface area contributed by atoms with Gasteiger partial charge in [-0.25, -0.2) is 18.9 Å². The van der Waals surface area contributed by atoms with Gasteiger partial charge in [-0.3, -0.25) is 14.5 Å². The molecule has 0 spiro atoms. The minimum atomic E-state index is -0.297. The van der Waals surface area contributed by atoms with Crippen LogP contribution in [0.2, 0.25) is 0 Å². The average molecular weight is 594 g/mol. The Morgan fingerprint density at radius 1 is 1.05 bits per heavy atom. The van der Waals surface area contributed by atoms with Gasteiger partial charge in [-0.05, 0) is 81.4 Å². The lowest BCUT2D eigenvalue weighted by molar-refractivity contribution is 0.102. The van der Waals surface area contributed by atoms with Crippen molar-refractivity contribution in [2.24, 2.45) is 7.05 Å². The molecule has 0 atom stereocenters. The van der Waals surface area contributed by atoms with Gasteiger partial charge in [0.25, 0.3) is 5.91 Å². The summed E-state index contributed by atoms with van der Waals surface area (Å²) in [6.07, 6.45) is 7.10. The minimum Gasteiger partial charge on any atom is -0.317 e. The first-order valence-electron chi connectivity index (χ1n) is 14.0. The number of pyridine rings is 1. The number of halogens is 1. The van der Waals surface area contributed by atoms with Gasteiger partial charge in [0.2, 0.25) is 0 Å². The van der Waals surface area contributed by atoms with Crippen molar-refractivity contribution >= 4 is 28.7 Å². The van der Waals surface area contributed by atoms with Crippen LogP contribution in [0.15, 0.2) is 67.1 Å². The summed E-state index contributed by atoms with van der Waals surface area (Å²) in [4.78, 5) is 27.0. The molecular weight excluding hydrogens is 565 g/mol. The summed E-state index contributed by atoms with van der Waals surface area (Å²) in [5.74, 6) is 0.105. The summed E-state index contributed by atoms with van der Waals surface area (Å²) in [6.45, 7) is 3.68. The van der Waals surface area contributed by atoms with E-state index in [2.05, 4.69) is 25.6 Å². The molecule has 12 heteroatoms. The number of hydrogen-bond acceptors (Lipinski definition) is 8. The zero-order chi connectivity index (χ0) is 29.5. The van der Waals surface area contributed by atoms with Crippen LogP contribution in [0, 0.1) is 12.7 Å². The van der Waals surface area contributed by atoms with E-state index < -0.39 is 0 Å². The molecule has 216 valence electrons. The fourth-order valence-corrected chi connectivity index (χ4v) is 6.58. The molecule has 43 heavy (non-hydrogen) atoms. The van der Waals surface area contributed by atoms with Gasteiger partial charge in [0.1, 0.15) is 21.4 Å². The van der Waals surface area contributed by atoms with Gasteiger partial charge in [0, 0.05) is 36.5 Å². The van der Waals surface area contributed by atoms with Crippen LogP contribution in [-0.2, 0) is 7.05 Å². The van der Waals surface area contributed by atoms with Crippen molar-refractivity contribution in [2.45, 2.75) is 25.7 Å². The normalized spacial score (nSPS) is 13.9. The molecule has 6 heterocycles. The molecule has 0 aliphatic carbocycles. The van der Waals surface area contributed by atoms with E-state index in [4.69, 9.17) is 10.2 Å². The van der Waals surface area contributed by atoms with E-state index in [0.717, 1.165) is 64.7 Å². The van der Waals surface area contributed by atoms with Gasteiger partial charge in [-0.15, -0.1) is 11.3 Å². The fourth-order valence-electron chi connectivity index (χ4n) is 5.63. The number of aromatic nitrogens is 7. The van der Waals surface area contributed by atoms with Crippen LogP contribution >= 0.6 is 11.3 Å². The van der Waals surface area contributed by atoms with Crippen LogP contribution < -0.4 is 10.6 Å². The SMILES string of the molecule is Cc1nc(-c2cccnc2)sc1C(=O)Nc1cn2nc(-c3c(-c4ccc(F)cc4)nn(C)c3C3CCNCC3)ccc2n1. The standard InChI is InChI=1S/C31H28FN9OS/c1-18-29(43-31(35-18)21-4-3-13-34-16-21)30(42)37-24-17-41-25(36-24)10-9-23(38-41)26-27(19-5-7-22(32)8-6-19)39-40(2)28(26)20-11-14-33-15-12-20/h3-10,13,16-17,20,33H,11-12,14-15H2,1-2H3,(H,37,42). The van der Waals surface area contributed by atoms with Gasteiger partial charge in [0.05, 0.1) is 28.8 Å². The summed E-state index contributed by atoms with van der Waals surface area (Å²) in [6, 6.07) is 14.0. The van der Waals surface area contributed by atoms with Crippen molar-refractivity contribution in [1.29, 1.82) is 0 Å². The number of amides is 1. The highest BCUT2D eigenvalue weighted by Crippen LogP contribution is 2.39. The molecule has 7 rings (SSSR count). The van der Waals surface area contributed by atoms with Crippen molar-refractivity contribution in [3.63, 3.8) is 0 Å². The number of benzene rings is 1. The molecule has 0 saturated carbocycles. The summed E-state index contributed by atoms with van der Waals surface area (Å²) in [5, 5.41) is 16.9. The number of nitrogens with one attached hydrogen (secondary N) is 2. The van der Waals surface area contributed by atoms with Gasteiger partial charge in [0.15, 0.2) is 11.5 Å². The number of piperidine rings is 1. The Morgan fingerprint density at radius 3 is 2.63 bits per heavy atom. The second-order valence-corrected chi connectivity index (χ2v) is 11.5. The third-order valence-electron chi connectivity index (χ3n) is 7.66. The monoisotopic (exact) mass is 593 g/mol. The van der Waals surface area contributed by atoms with E-state index in [1.54, 1.807) is 35.2 Å². The highest BCUT2D eigenvalue weighted by molar-refractivity contribution is 7.17. The average Bonchev–Trinajstić information content (AvgIpc) is 3.72. The van der Waals surface area contributed by atoms with Gasteiger partial charge in [-0.2, -0.15) is 10.2 Å². The Balaban J connectivity index is 1.23. The Hall–Kier alpha value is -4.81. The Labute approximate surface area is 250 Å². The molecule has 0 bridgehead atoms. The van der Waals surface area contributed by atoms with Crippen LogP contribution in [0.5, 0.6) is 0 Å². The number of hydrogen-bond donors (Lipinski definition) is 2. The number of anilines is 1. The number of thiazole rings is 1. The predicted octanol–water partition coefficient (Wildman–Crippen LogP) is 5.48. The smallest absolute Gasteiger partial charge is 0.268 e. The van der Waals surface area contributed by atoms with Crippen LogP contribution in [0.1, 0.15) is 39.8 Å². The number of imidazole rings is 1. The second-order valence-electron chi connectivity index (χ2n) is 10.5. The number of rotatable bonds is 6. The molecule has 1 fully saturated rings. The number of carbonyl (C=O) groups excluding carboxylic acids is 1. The maximum absolute atomic E-state index is 13.8. The molecule has 1 aliphatic rings. The van der Waals surface area contributed by atoms with E-state index in [-0.39, 0.29) is 11.7 Å². The van der Waals surface area contributed by atoms with Gasteiger partial charge >= 0.3 is 0 Å². The van der Waals surface area contributed by atoms with E-state index in [1.807, 2.05) is 42.9 Å². The van der Waals surface area contributed by atoms with E-state index in [1.165, 1.54) is 23.5 Å². The first-order valence-corrected chi connectivity index (χ1v) is 14.9. The fraction of sp³-hybridized carbons (Fsp3) is 0.226.